The number of aromatic nitrogens is 1. The van der Waals surface area contributed by atoms with E-state index < -0.39 is 40.8 Å². The lowest BCUT2D eigenvalue weighted by atomic mass is 9.74. The SMILES string of the molecule is COc1ccc2ncc(Cl)c(C(F)CCC3(C(=O)O)CCN(CCOc4cc(F)cc(F)c4F)CC3)c2c1. The van der Waals surface area contributed by atoms with Gasteiger partial charge < -0.3 is 14.6 Å². The van der Waals surface area contributed by atoms with E-state index in [0.717, 1.165) is 6.07 Å². The molecule has 2 heterocycles. The minimum atomic E-state index is -1.51. The highest BCUT2D eigenvalue weighted by molar-refractivity contribution is 6.32. The Morgan fingerprint density at radius 1 is 1.21 bits per heavy atom. The molecule has 1 saturated heterocycles. The lowest BCUT2D eigenvalue weighted by Crippen LogP contribution is -2.45. The molecule has 0 bridgehead atoms. The number of aliphatic carboxylic acids is 1. The number of fused-ring (bicyclic) bond motifs is 1. The molecule has 1 atom stereocenters. The van der Waals surface area contributed by atoms with Crippen LogP contribution in [0.15, 0.2) is 36.5 Å². The van der Waals surface area contributed by atoms with Crippen molar-refractivity contribution < 1.29 is 36.9 Å². The van der Waals surface area contributed by atoms with Crippen LogP contribution in [0.2, 0.25) is 5.02 Å². The Morgan fingerprint density at radius 3 is 2.63 bits per heavy atom. The van der Waals surface area contributed by atoms with Crippen molar-refractivity contribution in [1.29, 1.82) is 0 Å². The van der Waals surface area contributed by atoms with Crippen LogP contribution in [0.3, 0.4) is 0 Å². The van der Waals surface area contributed by atoms with Crippen molar-refractivity contribution in [1.82, 2.24) is 9.88 Å². The summed E-state index contributed by atoms with van der Waals surface area (Å²) in [5.41, 5.74) is -0.309. The Balaban J connectivity index is 1.37. The van der Waals surface area contributed by atoms with Crippen molar-refractivity contribution in [3.63, 3.8) is 0 Å². The van der Waals surface area contributed by atoms with Crippen LogP contribution in [-0.4, -0.2) is 54.3 Å². The highest BCUT2D eigenvalue weighted by Gasteiger charge is 2.42. The van der Waals surface area contributed by atoms with E-state index in [1.54, 1.807) is 18.2 Å². The number of carboxylic acids is 1. The number of carboxylic acid groups (broad SMARTS) is 1. The van der Waals surface area contributed by atoms with Gasteiger partial charge in [-0.3, -0.25) is 14.7 Å². The fraction of sp³-hybridized carbons (Fsp3) is 0.407. The number of ether oxygens (including phenoxy) is 2. The first kappa shape index (κ1) is 27.9. The number of hydrogen-bond donors (Lipinski definition) is 1. The molecule has 1 aliphatic heterocycles. The van der Waals surface area contributed by atoms with E-state index in [1.807, 2.05) is 4.90 Å². The minimum absolute atomic E-state index is 0.0382. The van der Waals surface area contributed by atoms with E-state index in [2.05, 4.69) is 4.98 Å². The first-order valence-corrected chi connectivity index (χ1v) is 12.5. The molecule has 1 fully saturated rings. The second-order valence-corrected chi connectivity index (χ2v) is 9.79. The number of likely N-dealkylation sites (tertiary alicyclic amines) is 1. The summed E-state index contributed by atoms with van der Waals surface area (Å²) in [7, 11) is 1.50. The van der Waals surface area contributed by atoms with Gasteiger partial charge in [0.1, 0.15) is 24.3 Å². The lowest BCUT2D eigenvalue weighted by Gasteiger charge is -2.39. The van der Waals surface area contributed by atoms with Crippen LogP contribution in [0.1, 0.15) is 37.4 Å². The zero-order chi connectivity index (χ0) is 27.4. The topological polar surface area (TPSA) is 71.9 Å². The van der Waals surface area contributed by atoms with Crippen molar-refractivity contribution in [2.45, 2.75) is 31.9 Å². The van der Waals surface area contributed by atoms with Crippen LogP contribution in [0.25, 0.3) is 10.9 Å². The van der Waals surface area contributed by atoms with Crippen molar-refractivity contribution in [2.75, 3.05) is 33.4 Å². The Morgan fingerprint density at radius 2 is 1.95 bits per heavy atom. The van der Waals surface area contributed by atoms with Gasteiger partial charge in [-0.15, -0.1) is 0 Å². The number of rotatable bonds is 10. The van der Waals surface area contributed by atoms with Gasteiger partial charge in [0.25, 0.3) is 0 Å². The monoisotopic (exact) mass is 554 g/mol. The summed E-state index contributed by atoms with van der Waals surface area (Å²) in [6.07, 6.45) is 0.481. The summed E-state index contributed by atoms with van der Waals surface area (Å²) in [5, 5.41) is 10.7. The Kier molecular flexibility index (Phi) is 8.62. The zero-order valence-corrected chi connectivity index (χ0v) is 21.4. The number of hydrogen-bond acceptors (Lipinski definition) is 5. The van der Waals surface area contributed by atoms with Gasteiger partial charge in [0.2, 0.25) is 5.82 Å². The highest BCUT2D eigenvalue weighted by atomic mass is 35.5. The Labute approximate surface area is 222 Å². The molecule has 0 radical (unpaired) electrons. The van der Waals surface area contributed by atoms with Gasteiger partial charge >= 0.3 is 5.97 Å². The molecule has 38 heavy (non-hydrogen) atoms. The summed E-state index contributed by atoms with van der Waals surface area (Å²) in [6, 6.07) is 6.28. The number of carbonyl (C=O) groups is 1. The fourth-order valence-corrected chi connectivity index (χ4v) is 5.13. The summed E-state index contributed by atoms with van der Waals surface area (Å²) in [4.78, 5) is 18.4. The van der Waals surface area contributed by atoms with Crippen LogP contribution in [0.4, 0.5) is 17.6 Å². The van der Waals surface area contributed by atoms with E-state index in [4.69, 9.17) is 21.1 Å². The van der Waals surface area contributed by atoms with E-state index in [0.29, 0.717) is 42.4 Å². The van der Waals surface area contributed by atoms with Crippen LogP contribution < -0.4 is 9.47 Å². The maximum absolute atomic E-state index is 15.6. The van der Waals surface area contributed by atoms with E-state index in [1.165, 1.54) is 13.3 Å². The largest absolute Gasteiger partial charge is 0.497 e. The smallest absolute Gasteiger partial charge is 0.309 e. The third-order valence-corrected chi connectivity index (χ3v) is 7.45. The van der Waals surface area contributed by atoms with E-state index >= 15 is 4.39 Å². The number of benzene rings is 2. The maximum Gasteiger partial charge on any atom is 0.309 e. The van der Waals surface area contributed by atoms with Gasteiger partial charge in [-0.2, -0.15) is 4.39 Å². The molecule has 1 N–H and O–H groups in total. The number of pyridine rings is 1. The molecule has 2 aromatic carbocycles. The van der Waals surface area contributed by atoms with Gasteiger partial charge in [0.15, 0.2) is 11.6 Å². The number of alkyl halides is 1. The van der Waals surface area contributed by atoms with Crippen molar-refractivity contribution in [3.8, 4) is 11.5 Å². The first-order chi connectivity index (χ1) is 18.1. The number of nitrogens with zero attached hydrogens (tertiary/aromatic N) is 2. The second-order valence-electron chi connectivity index (χ2n) is 9.38. The summed E-state index contributed by atoms with van der Waals surface area (Å²) in [6.45, 7) is 1.05. The zero-order valence-electron chi connectivity index (χ0n) is 20.7. The second kappa shape index (κ2) is 11.7. The summed E-state index contributed by atoms with van der Waals surface area (Å²) in [5.74, 6) is -4.54. The molecule has 0 amide bonds. The van der Waals surface area contributed by atoms with Crippen LogP contribution in [0.5, 0.6) is 11.5 Å². The minimum Gasteiger partial charge on any atom is -0.497 e. The molecule has 1 aliphatic rings. The molecule has 11 heteroatoms. The van der Waals surface area contributed by atoms with Gasteiger partial charge in [0, 0.05) is 35.8 Å². The van der Waals surface area contributed by atoms with Gasteiger partial charge in [0.05, 0.1) is 23.1 Å². The first-order valence-electron chi connectivity index (χ1n) is 12.1. The average Bonchev–Trinajstić information content (AvgIpc) is 2.90. The molecule has 0 spiro atoms. The lowest BCUT2D eigenvalue weighted by molar-refractivity contribution is -0.153. The molecule has 6 nitrogen and oxygen atoms in total. The maximum atomic E-state index is 15.6. The third-order valence-electron chi connectivity index (χ3n) is 7.15. The summed E-state index contributed by atoms with van der Waals surface area (Å²) >= 11 is 6.31. The fourth-order valence-electron chi connectivity index (χ4n) is 4.86. The van der Waals surface area contributed by atoms with Gasteiger partial charge in [-0.25, -0.2) is 13.2 Å². The molecule has 4 rings (SSSR count). The number of halogens is 5. The molecular weight excluding hydrogens is 528 g/mol. The normalized spacial score (nSPS) is 16.4. The van der Waals surface area contributed by atoms with E-state index in [-0.39, 0.29) is 42.9 Å². The molecular formula is C27H27ClF4N2O4. The molecule has 204 valence electrons. The molecule has 1 unspecified atom stereocenters. The Bertz CT molecular complexity index is 1320. The third kappa shape index (κ3) is 5.96. The number of piperidine rings is 1. The van der Waals surface area contributed by atoms with Crippen LogP contribution in [-0.2, 0) is 4.79 Å². The van der Waals surface area contributed by atoms with Gasteiger partial charge in [-0.05, 0) is 57.0 Å². The molecule has 1 aromatic heterocycles. The average molecular weight is 555 g/mol. The predicted molar refractivity (Wildman–Crippen MR) is 134 cm³/mol. The standard InChI is InChI=1S/C27H27ClF4N2O4/c1-37-17-2-3-22-18(14-17)24(19(28)15-33-22)20(30)4-5-27(26(35)36)6-8-34(9-7-27)10-11-38-23-13-16(29)12-21(31)25(23)32/h2-3,12-15,20H,4-11H2,1H3,(H,35,36). The van der Waals surface area contributed by atoms with Crippen molar-refractivity contribution in [2.24, 2.45) is 5.41 Å². The van der Waals surface area contributed by atoms with Crippen molar-refractivity contribution >= 4 is 28.5 Å². The Hall–Kier alpha value is -3.11. The van der Waals surface area contributed by atoms with Crippen LogP contribution in [0, 0.1) is 22.9 Å². The van der Waals surface area contributed by atoms with Crippen LogP contribution >= 0.6 is 11.6 Å². The van der Waals surface area contributed by atoms with Gasteiger partial charge in [-0.1, -0.05) is 11.6 Å². The molecule has 3 aromatic rings. The number of methoxy groups -OCH3 is 1. The summed E-state index contributed by atoms with van der Waals surface area (Å²) < 4.78 is 66.5. The highest BCUT2D eigenvalue weighted by Crippen LogP contribution is 2.42. The van der Waals surface area contributed by atoms with Crippen molar-refractivity contribution in [3.05, 3.63) is 64.6 Å². The predicted octanol–water partition coefficient (Wildman–Crippen LogP) is 6.35. The van der Waals surface area contributed by atoms with E-state index in [9.17, 15) is 23.1 Å². The molecule has 0 saturated carbocycles. The molecule has 0 aliphatic carbocycles. The quantitative estimate of drug-likeness (QED) is 0.233.